The van der Waals surface area contributed by atoms with Gasteiger partial charge in [0.1, 0.15) is 0 Å². The molecule has 2 heteroatoms. The highest BCUT2D eigenvalue weighted by Crippen LogP contribution is 2.44. The van der Waals surface area contributed by atoms with Gasteiger partial charge in [-0.05, 0) is 38.1 Å². The molecule has 0 radical (unpaired) electrons. The molecule has 64 valence electrons. The summed E-state index contributed by atoms with van der Waals surface area (Å²) in [6, 6.07) is 0. The summed E-state index contributed by atoms with van der Waals surface area (Å²) in [4.78, 5) is 0. The van der Waals surface area contributed by atoms with E-state index in [1.165, 1.54) is 32.2 Å². The molecule has 2 fully saturated rings. The van der Waals surface area contributed by atoms with Crippen LogP contribution in [-0.2, 0) is 4.74 Å². The Hall–Kier alpha value is -0.0800. The van der Waals surface area contributed by atoms with Gasteiger partial charge in [0, 0.05) is 12.6 Å². The SMILES string of the molecule is COCC1(C2CC2)CCCN1. The first-order valence-electron chi connectivity index (χ1n) is 4.61. The van der Waals surface area contributed by atoms with Crippen LogP contribution in [0.25, 0.3) is 0 Å². The maximum Gasteiger partial charge on any atom is 0.0647 e. The fraction of sp³-hybridized carbons (Fsp3) is 1.00. The van der Waals surface area contributed by atoms with E-state index in [0.29, 0.717) is 5.54 Å². The highest BCUT2D eigenvalue weighted by molar-refractivity contribution is 5.03. The summed E-state index contributed by atoms with van der Waals surface area (Å²) < 4.78 is 5.27. The Labute approximate surface area is 68.3 Å². The Bertz CT molecular complexity index is 136. The van der Waals surface area contributed by atoms with Crippen molar-refractivity contribution in [3.05, 3.63) is 0 Å². The molecule has 1 saturated carbocycles. The van der Waals surface area contributed by atoms with Gasteiger partial charge < -0.3 is 10.1 Å². The van der Waals surface area contributed by atoms with Gasteiger partial charge in [0.25, 0.3) is 0 Å². The van der Waals surface area contributed by atoms with Crippen LogP contribution in [0.1, 0.15) is 25.7 Å². The Kier molecular flexibility index (Phi) is 1.90. The monoisotopic (exact) mass is 155 g/mol. The fourth-order valence-electron chi connectivity index (χ4n) is 2.31. The van der Waals surface area contributed by atoms with E-state index in [2.05, 4.69) is 5.32 Å². The second-order valence-electron chi connectivity index (χ2n) is 3.89. The van der Waals surface area contributed by atoms with Crippen LogP contribution >= 0.6 is 0 Å². The zero-order valence-electron chi connectivity index (χ0n) is 7.23. The maximum atomic E-state index is 5.27. The standard InChI is InChI=1S/C9H17NO/c1-11-7-9(8-3-4-8)5-2-6-10-9/h8,10H,2-7H2,1H3. The van der Waals surface area contributed by atoms with Crippen molar-refractivity contribution in [2.24, 2.45) is 5.92 Å². The molecule has 0 amide bonds. The zero-order chi connectivity index (χ0) is 7.73. The van der Waals surface area contributed by atoms with Gasteiger partial charge in [-0.15, -0.1) is 0 Å². The number of hydrogen-bond donors (Lipinski definition) is 1. The fourth-order valence-corrected chi connectivity index (χ4v) is 2.31. The highest BCUT2D eigenvalue weighted by atomic mass is 16.5. The van der Waals surface area contributed by atoms with E-state index in [-0.39, 0.29) is 0 Å². The van der Waals surface area contributed by atoms with Gasteiger partial charge in [0.15, 0.2) is 0 Å². The zero-order valence-corrected chi connectivity index (χ0v) is 7.23. The van der Waals surface area contributed by atoms with E-state index >= 15 is 0 Å². The van der Waals surface area contributed by atoms with Gasteiger partial charge in [0.2, 0.25) is 0 Å². The van der Waals surface area contributed by atoms with Gasteiger partial charge in [-0.2, -0.15) is 0 Å². The predicted octanol–water partition coefficient (Wildman–Crippen LogP) is 1.17. The first-order chi connectivity index (χ1) is 5.37. The lowest BCUT2D eigenvalue weighted by atomic mass is 9.92. The van der Waals surface area contributed by atoms with Crippen LogP contribution in [0, 0.1) is 5.92 Å². The molecule has 2 aliphatic rings. The molecule has 0 spiro atoms. The second-order valence-corrected chi connectivity index (χ2v) is 3.89. The van der Waals surface area contributed by atoms with Crippen LogP contribution in [0.3, 0.4) is 0 Å². The Morgan fingerprint density at radius 3 is 2.82 bits per heavy atom. The molecular formula is C9H17NO. The van der Waals surface area contributed by atoms with Crippen molar-refractivity contribution < 1.29 is 4.74 Å². The average molecular weight is 155 g/mol. The van der Waals surface area contributed by atoms with Gasteiger partial charge in [-0.25, -0.2) is 0 Å². The van der Waals surface area contributed by atoms with E-state index < -0.39 is 0 Å². The van der Waals surface area contributed by atoms with Crippen molar-refractivity contribution in [2.45, 2.75) is 31.2 Å². The molecule has 0 bridgehead atoms. The molecule has 0 aromatic carbocycles. The van der Waals surface area contributed by atoms with Gasteiger partial charge in [-0.1, -0.05) is 0 Å². The minimum Gasteiger partial charge on any atom is -0.383 e. The lowest BCUT2D eigenvalue weighted by molar-refractivity contribution is 0.107. The van der Waals surface area contributed by atoms with E-state index in [1.807, 2.05) is 7.11 Å². The summed E-state index contributed by atoms with van der Waals surface area (Å²) in [6.45, 7) is 2.11. The Balaban J connectivity index is 1.99. The summed E-state index contributed by atoms with van der Waals surface area (Å²) in [5, 5.41) is 3.61. The third-order valence-corrected chi connectivity index (χ3v) is 3.04. The van der Waals surface area contributed by atoms with Gasteiger partial charge >= 0.3 is 0 Å². The second kappa shape index (κ2) is 2.76. The molecule has 0 aromatic heterocycles. The van der Waals surface area contributed by atoms with Crippen LogP contribution in [0.5, 0.6) is 0 Å². The van der Waals surface area contributed by atoms with Crippen molar-refractivity contribution in [1.82, 2.24) is 5.32 Å². The van der Waals surface area contributed by atoms with Gasteiger partial charge in [-0.3, -0.25) is 0 Å². The molecule has 1 saturated heterocycles. The van der Waals surface area contributed by atoms with Crippen molar-refractivity contribution >= 4 is 0 Å². The van der Waals surface area contributed by atoms with Crippen molar-refractivity contribution in [3.63, 3.8) is 0 Å². The van der Waals surface area contributed by atoms with E-state index in [9.17, 15) is 0 Å². The lowest BCUT2D eigenvalue weighted by Gasteiger charge is -2.28. The predicted molar refractivity (Wildman–Crippen MR) is 44.6 cm³/mol. The quantitative estimate of drug-likeness (QED) is 0.660. The molecule has 1 aliphatic heterocycles. The topological polar surface area (TPSA) is 21.3 Å². The molecule has 1 aliphatic carbocycles. The lowest BCUT2D eigenvalue weighted by Crippen LogP contribution is -2.46. The average Bonchev–Trinajstić information content (AvgIpc) is 2.76. The molecule has 1 atom stereocenters. The minimum atomic E-state index is 0.384. The van der Waals surface area contributed by atoms with Crippen LogP contribution in [-0.4, -0.2) is 25.8 Å². The van der Waals surface area contributed by atoms with E-state index in [4.69, 9.17) is 4.74 Å². The van der Waals surface area contributed by atoms with Crippen molar-refractivity contribution in [1.29, 1.82) is 0 Å². The Morgan fingerprint density at radius 2 is 2.36 bits per heavy atom. The first-order valence-corrected chi connectivity index (χ1v) is 4.61. The molecule has 0 aromatic rings. The van der Waals surface area contributed by atoms with Crippen LogP contribution in [0.2, 0.25) is 0 Å². The van der Waals surface area contributed by atoms with Crippen molar-refractivity contribution in [2.75, 3.05) is 20.3 Å². The number of rotatable bonds is 3. The smallest absolute Gasteiger partial charge is 0.0647 e. The van der Waals surface area contributed by atoms with Gasteiger partial charge in [0.05, 0.1) is 6.61 Å². The summed E-state index contributed by atoms with van der Waals surface area (Å²) in [7, 11) is 1.81. The summed E-state index contributed by atoms with van der Waals surface area (Å²) in [5.41, 5.74) is 0.384. The third-order valence-electron chi connectivity index (χ3n) is 3.04. The molecular weight excluding hydrogens is 138 g/mol. The first kappa shape index (κ1) is 7.56. The highest BCUT2D eigenvalue weighted by Gasteiger charge is 2.46. The summed E-state index contributed by atoms with van der Waals surface area (Å²) in [5.74, 6) is 0.921. The van der Waals surface area contributed by atoms with Crippen LogP contribution in [0.4, 0.5) is 0 Å². The molecule has 11 heavy (non-hydrogen) atoms. The van der Waals surface area contributed by atoms with Crippen LogP contribution < -0.4 is 5.32 Å². The minimum absolute atomic E-state index is 0.384. The van der Waals surface area contributed by atoms with Crippen LogP contribution in [0.15, 0.2) is 0 Å². The van der Waals surface area contributed by atoms with E-state index in [0.717, 1.165) is 12.5 Å². The van der Waals surface area contributed by atoms with E-state index in [1.54, 1.807) is 0 Å². The van der Waals surface area contributed by atoms with Crippen molar-refractivity contribution in [3.8, 4) is 0 Å². The molecule has 2 rings (SSSR count). The third kappa shape index (κ3) is 1.30. The summed E-state index contributed by atoms with van der Waals surface area (Å²) in [6.07, 6.45) is 5.48. The molecule has 1 N–H and O–H groups in total. The normalized spacial score (nSPS) is 37.9. The number of nitrogens with one attached hydrogen (secondary N) is 1. The Morgan fingerprint density at radius 1 is 1.55 bits per heavy atom. The summed E-state index contributed by atoms with van der Waals surface area (Å²) >= 11 is 0. The largest absolute Gasteiger partial charge is 0.383 e. The number of ether oxygens (including phenoxy) is 1. The molecule has 1 unspecified atom stereocenters. The number of hydrogen-bond acceptors (Lipinski definition) is 2. The molecule has 1 heterocycles. The maximum absolute atomic E-state index is 5.27. The number of methoxy groups -OCH3 is 1. The molecule has 2 nitrogen and oxygen atoms in total.